The van der Waals surface area contributed by atoms with E-state index in [1.807, 2.05) is 31.2 Å². The Hall–Kier alpha value is -2.65. The van der Waals surface area contributed by atoms with Crippen LogP contribution < -0.4 is 5.56 Å². The fraction of sp³-hybridized carbons (Fsp3) is 0.190. The number of pyridine rings is 1. The van der Waals surface area contributed by atoms with Gasteiger partial charge in [0.05, 0.1) is 0 Å². The summed E-state index contributed by atoms with van der Waals surface area (Å²) in [6, 6.07) is 18.5. The molecule has 3 nitrogen and oxygen atoms in total. The molecule has 0 bridgehead atoms. The summed E-state index contributed by atoms with van der Waals surface area (Å²) in [5.41, 5.74) is 5.03. The van der Waals surface area contributed by atoms with E-state index in [1.165, 1.54) is 11.1 Å². The highest BCUT2D eigenvalue weighted by Gasteiger charge is 2.07. The Morgan fingerprint density at radius 1 is 1.04 bits per heavy atom. The van der Waals surface area contributed by atoms with Crippen LogP contribution in [-0.2, 0) is 0 Å². The number of fused-ring (bicyclic) bond motifs is 1. The summed E-state index contributed by atoms with van der Waals surface area (Å²) in [4.78, 5) is 17.0. The first-order valence-corrected chi connectivity index (χ1v) is 8.09. The molecule has 0 radical (unpaired) electrons. The fourth-order valence-corrected chi connectivity index (χ4v) is 2.77. The van der Waals surface area contributed by atoms with Crippen LogP contribution in [0.3, 0.4) is 0 Å². The molecule has 122 valence electrons. The summed E-state index contributed by atoms with van der Waals surface area (Å²) in [7, 11) is 4.11. The smallest absolute Gasteiger partial charge is 0.251 e. The lowest BCUT2D eigenvalue weighted by Gasteiger charge is -2.12. The molecule has 0 unspecified atom stereocenters. The Bertz CT molecular complexity index is 937. The number of nitrogens with one attached hydrogen (secondary N) is 1. The van der Waals surface area contributed by atoms with E-state index in [2.05, 4.69) is 60.4 Å². The van der Waals surface area contributed by atoms with Gasteiger partial charge in [0.1, 0.15) is 0 Å². The minimum Gasteiger partial charge on any atom is -0.322 e. The van der Waals surface area contributed by atoms with Crippen molar-refractivity contribution < 1.29 is 0 Å². The fourth-order valence-electron chi connectivity index (χ4n) is 2.77. The maximum atomic E-state index is 11.9. The molecule has 3 rings (SSSR count). The zero-order chi connectivity index (χ0) is 17.1. The van der Waals surface area contributed by atoms with Gasteiger partial charge in [-0.3, -0.25) is 4.79 Å². The molecule has 0 amide bonds. The van der Waals surface area contributed by atoms with Crippen LogP contribution in [0.1, 0.15) is 16.7 Å². The normalized spacial score (nSPS) is 12.1. The third-order valence-electron chi connectivity index (χ3n) is 4.09. The second-order valence-electron chi connectivity index (χ2n) is 6.33. The molecule has 2 aromatic carbocycles. The van der Waals surface area contributed by atoms with Crippen molar-refractivity contribution in [3.8, 4) is 0 Å². The monoisotopic (exact) mass is 318 g/mol. The van der Waals surface area contributed by atoms with Crippen LogP contribution in [0.2, 0.25) is 0 Å². The minimum absolute atomic E-state index is 0.0295. The summed E-state index contributed by atoms with van der Waals surface area (Å²) < 4.78 is 0. The van der Waals surface area contributed by atoms with Crippen LogP contribution >= 0.6 is 0 Å². The average Bonchev–Trinajstić information content (AvgIpc) is 2.57. The lowest BCUT2D eigenvalue weighted by Crippen LogP contribution is -2.11. The summed E-state index contributed by atoms with van der Waals surface area (Å²) in [6.45, 7) is 2.69. The quantitative estimate of drug-likeness (QED) is 0.793. The molecule has 24 heavy (non-hydrogen) atoms. The average molecular weight is 318 g/mol. The standard InChI is InChI=1S/C21H22N2O/c1-15-13-18-10-9-17(14-20(18)22-21(15)24)19(11-12-23(2)3)16-7-5-4-6-8-16/h4-11,13-14H,12H2,1-3H3,(H,22,24). The molecule has 0 spiro atoms. The van der Waals surface area contributed by atoms with Crippen LogP contribution in [-0.4, -0.2) is 30.5 Å². The Kier molecular flexibility index (Phi) is 4.63. The van der Waals surface area contributed by atoms with Crippen LogP contribution in [0.15, 0.2) is 65.5 Å². The van der Waals surface area contributed by atoms with Gasteiger partial charge in [0.15, 0.2) is 0 Å². The molecule has 1 aromatic heterocycles. The molecule has 0 aliphatic rings. The number of nitrogens with zero attached hydrogens (tertiary/aromatic N) is 1. The highest BCUT2D eigenvalue weighted by Crippen LogP contribution is 2.26. The van der Waals surface area contributed by atoms with E-state index in [-0.39, 0.29) is 5.56 Å². The number of rotatable bonds is 4. The number of aromatic amines is 1. The predicted molar refractivity (Wildman–Crippen MR) is 101 cm³/mol. The van der Waals surface area contributed by atoms with Crippen LogP contribution in [0.25, 0.3) is 16.5 Å². The lowest BCUT2D eigenvalue weighted by molar-refractivity contribution is 0.457. The highest BCUT2D eigenvalue weighted by atomic mass is 16.1. The number of hydrogen-bond acceptors (Lipinski definition) is 2. The van der Waals surface area contributed by atoms with Crippen molar-refractivity contribution in [3.63, 3.8) is 0 Å². The first kappa shape index (κ1) is 16.2. The largest absolute Gasteiger partial charge is 0.322 e. The topological polar surface area (TPSA) is 36.1 Å². The maximum Gasteiger partial charge on any atom is 0.251 e. The number of H-pyrrole nitrogens is 1. The maximum absolute atomic E-state index is 11.9. The van der Waals surface area contributed by atoms with Crippen molar-refractivity contribution in [2.24, 2.45) is 0 Å². The summed E-state index contributed by atoms with van der Waals surface area (Å²) >= 11 is 0. The van der Waals surface area contributed by atoms with Gasteiger partial charge < -0.3 is 9.88 Å². The van der Waals surface area contributed by atoms with E-state index in [1.54, 1.807) is 0 Å². The van der Waals surface area contributed by atoms with E-state index in [9.17, 15) is 4.79 Å². The molecule has 1 N–H and O–H groups in total. The van der Waals surface area contributed by atoms with E-state index in [0.717, 1.165) is 28.6 Å². The number of aryl methyl sites for hydroxylation is 1. The Morgan fingerprint density at radius 3 is 2.50 bits per heavy atom. The van der Waals surface area contributed by atoms with Gasteiger partial charge in [0, 0.05) is 17.6 Å². The molecule has 3 heteroatoms. The molecule has 0 atom stereocenters. The molecule has 0 aliphatic carbocycles. The van der Waals surface area contributed by atoms with Gasteiger partial charge in [-0.1, -0.05) is 48.5 Å². The number of hydrogen-bond donors (Lipinski definition) is 1. The van der Waals surface area contributed by atoms with Crippen molar-refractivity contribution in [1.82, 2.24) is 9.88 Å². The van der Waals surface area contributed by atoms with E-state index in [0.29, 0.717) is 0 Å². The SMILES string of the molecule is Cc1cc2ccc(C(=CCN(C)C)c3ccccc3)cc2[nH]c1=O. The van der Waals surface area contributed by atoms with Gasteiger partial charge in [-0.25, -0.2) is 0 Å². The number of benzene rings is 2. The van der Waals surface area contributed by atoms with Crippen LogP contribution in [0, 0.1) is 6.92 Å². The third-order valence-corrected chi connectivity index (χ3v) is 4.09. The number of likely N-dealkylation sites (N-methyl/N-ethyl adjacent to an activating group) is 1. The summed E-state index contributed by atoms with van der Waals surface area (Å²) in [5.74, 6) is 0. The molecule has 1 heterocycles. The lowest BCUT2D eigenvalue weighted by atomic mass is 9.96. The molecule has 0 fully saturated rings. The van der Waals surface area contributed by atoms with Crippen molar-refractivity contribution in [2.45, 2.75) is 6.92 Å². The summed E-state index contributed by atoms with van der Waals surface area (Å²) in [6.07, 6.45) is 2.22. The molecule has 3 aromatic rings. The molecular formula is C21H22N2O. The van der Waals surface area contributed by atoms with Crippen molar-refractivity contribution >= 4 is 16.5 Å². The Labute approximate surface area is 142 Å². The third kappa shape index (κ3) is 3.47. The van der Waals surface area contributed by atoms with Crippen molar-refractivity contribution in [1.29, 1.82) is 0 Å². The van der Waals surface area contributed by atoms with E-state index >= 15 is 0 Å². The molecular weight excluding hydrogens is 296 g/mol. The van der Waals surface area contributed by atoms with Crippen molar-refractivity contribution in [2.75, 3.05) is 20.6 Å². The molecule has 0 saturated carbocycles. The minimum atomic E-state index is -0.0295. The van der Waals surface area contributed by atoms with E-state index in [4.69, 9.17) is 0 Å². The van der Waals surface area contributed by atoms with E-state index < -0.39 is 0 Å². The van der Waals surface area contributed by atoms with Crippen LogP contribution in [0.5, 0.6) is 0 Å². The first-order chi connectivity index (χ1) is 11.5. The highest BCUT2D eigenvalue weighted by molar-refractivity contribution is 5.87. The van der Waals surface area contributed by atoms with Gasteiger partial charge in [-0.15, -0.1) is 0 Å². The number of aromatic nitrogens is 1. The molecule has 0 saturated heterocycles. The Balaban J connectivity index is 2.14. The summed E-state index contributed by atoms with van der Waals surface area (Å²) in [5, 5.41) is 1.05. The van der Waals surface area contributed by atoms with Gasteiger partial charge in [0.2, 0.25) is 0 Å². The zero-order valence-corrected chi connectivity index (χ0v) is 14.3. The second kappa shape index (κ2) is 6.85. The Morgan fingerprint density at radius 2 is 1.79 bits per heavy atom. The van der Waals surface area contributed by atoms with Gasteiger partial charge in [0.25, 0.3) is 5.56 Å². The molecule has 0 aliphatic heterocycles. The van der Waals surface area contributed by atoms with Crippen molar-refractivity contribution in [3.05, 3.63) is 87.7 Å². The first-order valence-electron chi connectivity index (χ1n) is 8.09. The second-order valence-corrected chi connectivity index (χ2v) is 6.33. The van der Waals surface area contributed by atoms with Crippen LogP contribution in [0.4, 0.5) is 0 Å². The van der Waals surface area contributed by atoms with Gasteiger partial charge >= 0.3 is 0 Å². The van der Waals surface area contributed by atoms with Gasteiger partial charge in [-0.2, -0.15) is 0 Å². The van der Waals surface area contributed by atoms with Gasteiger partial charge in [-0.05, 0) is 55.2 Å². The zero-order valence-electron chi connectivity index (χ0n) is 14.3. The predicted octanol–water partition coefficient (Wildman–Crippen LogP) is 3.83.